The summed E-state index contributed by atoms with van der Waals surface area (Å²) in [6.07, 6.45) is 7.09. The Balaban J connectivity index is 1.59. The summed E-state index contributed by atoms with van der Waals surface area (Å²) in [7, 11) is 0. The lowest BCUT2D eigenvalue weighted by molar-refractivity contribution is -0.121. The Bertz CT molecular complexity index is 441. The topological polar surface area (TPSA) is 66.9 Å². The molecule has 1 atom stereocenters. The molecule has 19 heavy (non-hydrogen) atoms. The Hall–Kier alpha value is -1.91. The summed E-state index contributed by atoms with van der Waals surface area (Å²) in [4.78, 5) is 11.7. The van der Waals surface area contributed by atoms with Gasteiger partial charge in [-0.2, -0.15) is 5.10 Å². The van der Waals surface area contributed by atoms with Crippen LogP contribution in [-0.4, -0.2) is 29.2 Å². The van der Waals surface area contributed by atoms with Gasteiger partial charge in [0.25, 0.3) is 0 Å². The molecule has 0 radical (unpaired) electrons. The molecule has 0 aromatic carbocycles. The van der Waals surface area contributed by atoms with Crippen LogP contribution in [-0.2, 0) is 4.79 Å². The fourth-order valence-electron chi connectivity index (χ4n) is 2.06. The highest BCUT2D eigenvalue weighted by molar-refractivity contribution is 5.76. The molecule has 1 aromatic heterocycles. The summed E-state index contributed by atoms with van der Waals surface area (Å²) >= 11 is 0. The fraction of sp³-hybridized carbons (Fsp3) is 0.500. The van der Waals surface area contributed by atoms with Crippen LogP contribution in [0.25, 0.3) is 0 Å². The molecule has 0 saturated carbocycles. The van der Waals surface area contributed by atoms with Crippen LogP contribution in [0, 0.1) is 12.8 Å². The SMILES string of the molecule is Cc1ccc(NCCNC(=O)C[C@@H]2C=CCC2)nn1. The number of nitrogens with one attached hydrogen (secondary N) is 2. The number of allylic oxidation sites excluding steroid dienone is 2. The lowest BCUT2D eigenvalue weighted by Crippen LogP contribution is -2.29. The van der Waals surface area contributed by atoms with Gasteiger partial charge in [0.1, 0.15) is 5.82 Å². The third-order valence-corrected chi connectivity index (χ3v) is 3.11. The van der Waals surface area contributed by atoms with Gasteiger partial charge in [-0.3, -0.25) is 4.79 Å². The Morgan fingerprint density at radius 1 is 1.37 bits per heavy atom. The molecule has 1 heterocycles. The van der Waals surface area contributed by atoms with E-state index >= 15 is 0 Å². The quantitative estimate of drug-likeness (QED) is 0.603. The molecular formula is C14H20N4O. The third kappa shape index (κ3) is 4.69. The van der Waals surface area contributed by atoms with Gasteiger partial charge >= 0.3 is 0 Å². The molecule has 0 spiro atoms. The molecule has 0 saturated heterocycles. The van der Waals surface area contributed by atoms with E-state index in [4.69, 9.17) is 0 Å². The first-order valence-corrected chi connectivity index (χ1v) is 6.71. The normalized spacial score (nSPS) is 17.4. The van der Waals surface area contributed by atoms with Crippen LogP contribution in [0.4, 0.5) is 5.82 Å². The number of rotatable bonds is 6. The van der Waals surface area contributed by atoms with Crippen LogP contribution in [0.5, 0.6) is 0 Å². The number of carbonyl (C=O) groups is 1. The minimum Gasteiger partial charge on any atom is -0.367 e. The first kappa shape index (κ1) is 13.5. The van der Waals surface area contributed by atoms with E-state index in [0.29, 0.717) is 25.4 Å². The van der Waals surface area contributed by atoms with Gasteiger partial charge in [0.05, 0.1) is 5.69 Å². The molecule has 1 aromatic rings. The molecule has 102 valence electrons. The first-order chi connectivity index (χ1) is 9.24. The van der Waals surface area contributed by atoms with E-state index in [1.807, 2.05) is 19.1 Å². The molecule has 0 fully saturated rings. The molecule has 1 aliphatic carbocycles. The van der Waals surface area contributed by atoms with Crippen molar-refractivity contribution < 1.29 is 4.79 Å². The highest BCUT2D eigenvalue weighted by Gasteiger charge is 2.13. The number of hydrogen-bond acceptors (Lipinski definition) is 4. The summed E-state index contributed by atoms with van der Waals surface area (Å²) in [6, 6.07) is 3.79. The van der Waals surface area contributed by atoms with Crippen molar-refractivity contribution in [1.29, 1.82) is 0 Å². The third-order valence-electron chi connectivity index (χ3n) is 3.11. The van der Waals surface area contributed by atoms with Gasteiger partial charge in [0.2, 0.25) is 5.91 Å². The standard InChI is InChI=1S/C14H20N4O/c1-11-6-7-13(18-17-11)15-8-9-16-14(19)10-12-4-2-3-5-12/h2,4,6-7,12H,3,5,8-10H2,1H3,(H,15,18)(H,16,19)/t12-/m1/s1. The summed E-state index contributed by atoms with van der Waals surface area (Å²) in [5, 5.41) is 14.0. The van der Waals surface area contributed by atoms with Crippen molar-refractivity contribution >= 4 is 11.7 Å². The van der Waals surface area contributed by atoms with Crippen molar-refractivity contribution in [3.05, 3.63) is 30.0 Å². The number of anilines is 1. The molecular weight excluding hydrogens is 240 g/mol. The van der Waals surface area contributed by atoms with E-state index in [9.17, 15) is 4.79 Å². The highest BCUT2D eigenvalue weighted by Crippen LogP contribution is 2.19. The average Bonchev–Trinajstić information content (AvgIpc) is 2.89. The van der Waals surface area contributed by atoms with Crippen molar-refractivity contribution in [1.82, 2.24) is 15.5 Å². The van der Waals surface area contributed by atoms with Crippen LogP contribution in [0.1, 0.15) is 25.0 Å². The Morgan fingerprint density at radius 2 is 2.26 bits per heavy atom. The predicted molar refractivity (Wildman–Crippen MR) is 74.7 cm³/mol. The molecule has 0 unspecified atom stereocenters. The zero-order valence-electron chi connectivity index (χ0n) is 11.2. The number of nitrogens with zero attached hydrogens (tertiary/aromatic N) is 2. The van der Waals surface area contributed by atoms with Crippen LogP contribution in [0.15, 0.2) is 24.3 Å². The molecule has 0 aliphatic heterocycles. The molecule has 1 aliphatic rings. The second-order valence-corrected chi connectivity index (χ2v) is 4.81. The van der Waals surface area contributed by atoms with Crippen LogP contribution < -0.4 is 10.6 Å². The molecule has 2 rings (SSSR count). The molecule has 1 amide bonds. The van der Waals surface area contributed by atoms with Crippen LogP contribution >= 0.6 is 0 Å². The molecule has 2 N–H and O–H groups in total. The number of aromatic nitrogens is 2. The summed E-state index contributed by atoms with van der Waals surface area (Å²) in [5.41, 5.74) is 0.892. The van der Waals surface area contributed by atoms with Gasteiger partial charge in [0.15, 0.2) is 0 Å². The second kappa shape index (κ2) is 6.87. The van der Waals surface area contributed by atoms with Crippen molar-refractivity contribution in [2.24, 2.45) is 5.92 Å². The molecule has 5 nitrogen and oxygen atoms in total. The van der Waals surface area contributed by atoms with Gasteiger partial charge < -0.3 is 10.6 Å². The lowest BCUT2D eigenvalue weighted by Gasteiger charge is -2.09. The van der Waals surface area contributed by atoms with Crippen LogP contribution in [0.3, 0.4) is 0 Å². The summed E-state index contributed by atoms with van der Waals surface area (Å²) in [6.45, 7) is 3.16. The van der Waals surface area contributed by atoms with Crippen molar-refractivity contribution in [3.63, 3.8) is 0 Å². The Kier molecular flexibility index (Phi) is 4.89. The van der Waals surface area contributed by atoms with E-state index in [2.05, 4.69) is 33.0 Å². The largest absolute Gasteiger partial charge is 0.367 e. The average molecular weight is 260 g/mol. The van der Waals surface area contributed by atoms with Gasteiger partial charge in [-0.05, 0) is 37.8 Å². The number of carbonyl (C=O) groups excluding carboxylic acids is 1. The van der Waals surface area contributed by atoms with E-state index < -0.39 is 0 Å². The van der Waals surface area contributed by atoms with Crippen molar-refractivity contribution in [2.45, 2.75) is 26.2 Å². The minimum absolute atomic E-state index is 0.119. The highest BCUT2D eigenvalue weighted by atomic mass is 16.1. The fourth-order valence-corrected chi connectivity index (χ4v) is 2.06. The lowest BCUT2D eigenvalue weighted by atomic mass is 10.1. The minimum atomic E-state index is 0.119. The number of hydrogen-bond donors (Lipinski definition) is 2. The molecule has 5 heteroatoms. The maximum absolute atomic E-state index is 11.7. The smallest absolute Gasteiger partial charge is 0.220 e. The number of aryl methyl sites for hydroxylation is 1. The van der Waals surface area contributed by atoms with E-state index in [0.717, 1.165) is 24.4 Å². The van der Waals surface area contributed by atoms with Gasteiger partial charge in [-0.15, -0.1) is 5.10 Å². The Labute approximate surface area is 113 Å². The first-order valence-electron chi connectivity index (χ1n) is 6.71. The number of amides is 1. The van der Waals surface area contributed by atoms with E-state index in [-0.39, 0.29) is 5.91 Å². The van der Waals surface area contributed by atoms with Crippen molar-refractivity contribution in [2.75, 3.05) is 18.4 Å². The van der Waals surface area contributed by atoms with Gasteiger partial charge in [0, 0.05) is 19.5 Å². The summed E-state index contributed by atoms with van der Waals surface area (Å²) in [5.74, 6) is 1.28. The second-order valence-electron chi connectivity index (χ2n) is 4.81. The van der Waals surface area contributed by atoms with Crippen LogP contribution in [0.2, 0.25) is 0 Å². The van der Waals surface area contributed by atoms with E-state index in [1.54, 1.807) is 0 Å². The van der Waals surface area contributed by atoms with Gasteiger partial charge in [-0.25, -0.2) is 0 Å². The Morgan fingerprint density at radius 3 is 2.95 bits per heavy atom. The maximum Gasteiger partial charge on any atom is 0.220 e. The van der Waals surface area contributed by atoms with Gasteiger partial charge in [-0.1, -0.05) is 12.2 Å². The maximum atomic E-state index is 11.7. The zero-order chi connectivity index (χ0) is 13.5. The summed E-state index contributed by atoms with van der Waals surface area (Å²) < 4.78 is 0. The molecule has 0 bridgehead atoms. The zero-order valence-corrected chi connectivity index (χ0v) is 11.2. The monoisotopic (exact) mass is 260 g/mol. The predicted octanol–water partition coefficient (Wildman–Crippen LogP) is 1.67. The van der Waals surface area contributed by atoms with E-state index in [1.165, 1.54) is 0 Å². The van der Waals surface area contributed by atoms with Crippen molar-refractivity contribution in [3.8, 4) is 0 Å².